The van der Waals surface area contributed by atoms with Crippen molar-refractivity contribution in [1.29, 1.82) is 0 Å². The van der Waals surface area contributed by atoms with E-state index in [4.69, 9.17) is 4.74 Å². The Labute approximate surface area is 140 Å². The molecule has 0 atom stereocenters. The second kappa shape index (κ2) is 9.10. The van der Waals surface area contributed by atoms with E-state index < -0.39 is 10.2 Å². The third-order valence-corrected chi connectivity index (χ3v) is 5.48. The van der Waals surface area contributed by atoms with Gasteiger partial charge in [0.15, 0.2) is 0 Å². The van der Waals surface area contributed by atoms with Crippen molar-refractivity contribution in [3.05, 3.63) is 24.3 Å². The molecule has 1 aliphatic rings. The zero-order valence-electron chi connectivity index (χ0n) is 14.8. The average Bonchev–Trinajstić information content (AvgIpc) is 2.58. The number of piperazine rings is 1. The second-order valence-electron chi connectivity index (χ2n) is 5.10. The topological polar surface area (TPSA) is 53.1 Å². The lowest BCUT2D eigenvalue weighted by atomic mass is 10.2. The van der Waals surface area contributed by atoms with Crippen LogP contribution in [0.1, 0.15) is 20.8 Å². The SMILES string of the molecule is CC.CCOc1ccc(N2CCN(S(=O)(=O)N(C)C)CC2)cc1. The summed E-state index contributed by atoms with van der Waals surface area (Å²) in [4.78, 5) is 2.19. The number of ether oxygens (including phenoxy) is 1. The van der Waals surface area contributed by atoms with Gasteiger partial charge in [0.25, 0.3) is 10.2 Å². The highest BCUT2D eigenvalue weighted by Crippen LogP contribution is 2.21. The van der Waals surface area contributed by atoms with Crippen LogP contribution in [0.5, 0.6) is 5.75 Å². The minimum Gasteiger partial charge on any atom is -0.494 e. The molecule has 1 aliphatic heterocycles. The normalized spacial score (nSPS) is 16.0. The number of benzene rings is 1. The van der Waals surface area contributed by atoms with Gasteiger partial charge in [0.1, 0.15) is 5.75 Å². The molecule has 0 amide bonds. The summed E-state index contributed by atoms with van der Waals surface area (Å²) < 4.78 is 32.3. The summed E-state index contributed by atoms with van der Waals surface area (Å²) in [5, 5.41) is 0. The predicted molar refractivity (Wildman–Crippen MR) is 95.4 cm³/mol. The van der Waals surface area contributed by atoms with Crippen molar-refractivity contribution >= 4 is 15.9 Å². The second-order valence-corrected chi connectivity index (χ2v) is 7.25. The van der Waals surface area contributed by atoms with Crippen molar-refractivity contribution in [2.45, 2.75) is 20.8 Å². The Hall–Kier alpha value is -1.31. The molecule has 1 aromatic carbocycles. The monoisotopic (exact) mass is 343 g/mol. The Morgan fingerprint density at radius 2 is 1.57 bits per heavy atom. The van der Waals surface area contributed by atoms with Gasteiger partial charge >= 0.3 is 0 Å². The van der Waals surface area contributed by atoms with Gasteiger partial charge in [-0.3, -0.25) is 0 Å². The lowest BCUT2D eigenvalue weighted by Gasteiger charge is -2.36. The fourth-order valence-corrected chi connectivity index (χ4v) is 3.41. The van der Waals surface area contributed by atoms with E-state index in [1.807, 2.05) is 45.0 Å². The van der Waals surface area contributed by atoms with Gasteiger partial charge in [-0.2, -0.15) is 17.0 Å². The molecular formula is C16H29N3O3S. The van der Waals surface area contributed by atoms with Crippen LogP contribution in [-0.4, -0.2) is 63.9 Å². The Bertz CT molecular complexity index is 550. The van der Waals surface area contributed by atoms with Gasteiger partial charge in [0.2, 0.25) is 0 Å². The maximum atomic E-state index is 12.1. The van der Waals surface area contributed by atoms with Crippen molar-refractivity contribution in [2.24, 2.45) is 0 Å². The highest BCUT2D eigenvalue weighted by Gasteiger charge is 2.28. The molecule has 0 aliphatic carbocycles. The molecule has 1 aromatic rings. The standard InChI is InChI=1S/C14H23N3O3S.C2H6/c1-4-20-14-7-5-13(6-8-14)16-9-11-17(12-10-16)21(18,19)15(2)3;1-2/h5-8H,4,9-12H2,1-3H3;1-2H3. The molecule has 23 heavy (non-hydrogen) atoms. The van der Waals surface area contributed by atoms with Crippen LogP contribution in [0.3, 0.4) is 0 Å². The summed E-state index contributed by atoms with van der Waals surface area (Å²) in [6.45, 7) is 9.02. The molecule has 1 saturated heterocycles. The molecule has 7 heteroatoms. The Balaban J connectivity index is 0.00000127. The van der Waals surface area contributed by atoms with Crippen LogP contribution in [0.15, 0.2) is 24.3 Å². The lowest BCUT2D eigenvalue weighted by Crippen LogP contribution is -2.51. The zero-order chi connectivity index (χ0) is 17.5. The molecule has 0 N–H and O–H groups in total. The van der Waals surface area contributed by atoms with Gasteiger partial charge in [-0.15, -0.1) is 0 Å². The van der Waals surface area contributed by atoms with E-state index in [1.54, 1.807) is 14.1 Å². The summed E-state index contributed by atoms with van der Waals surface area (Å²) in [5.41, 5.74) is 1.10. The van der Waals surface area contributed by atoms with Crippen molar-refractivity contribution in [3.63, 3.8) is 0 Å². The number of anilines is 1. The fraction of sp³-hybridized carbons (Fsp3) is 0.625. The minimum atomic E-state index is -3.30. The van der Waals surface area contributed by atoms with Gasteiger partial charge in [0.05, 0.1) is 6.61 Å². The minimum absolute atomic E-state index is 0.508. The highest BCUT2D eigenvalue weighted by molar-refractivity contribution is 7.86. The van der Waals surface area contributed by atoms with Crippen LogP contribution in [0.2, 0.25) is 0 Å². The first-order valence-corrected chi connectivity index (χ1v) is 9.50. The predicted octanol–water partition coefficient (Wildman–Crippen LogP) is 2.04. The molecule has 0 unspecified atom stereocenters. The van der Waals surface area contributed by atoms with E-state index in [0.29, 0.717) is 32.8 Å². The van der Waals surface area contributed by atoms with Crippen molar-refractivity contribution in [2.75, 3.05) is 51.8 Å². The molecule has 0 bridgehead atoms. The smallest absolute Gasteiger partial charge is 0.281 e. The van der Waals surface area contributed by atoms with Gasteiger partial charge in [0, 0.05) is 46.0 Å². The van der Waals surface area contributed by atoms with Crippen molar-refractivity contribution in [3.8, 4) is 5.75 Å². The maximum Gasteiger partial charge on any atom is 0.281 e. The highest BCUT2D eigenvalue weighted by atomic mass is 32.2. The number of nitrogens with zero attached hydrogens (tertiary/aromatic N) is 3. The first kappa shape index (κ1) is 19.7. The Morgan fingerprint density at radius 3 is 2.00 bits per heavy atom. The van der Waals surface area contributed by atoms with Crippen LogP contribution >= 0.6 is 0 Å². The molecule has 1 heterocycles. The molecule has 2 rings (SSSR count). The molecule has 0 aromatic heterocycles. The maximum absolute atomic E-state index is 12.1. The van der Waals surface area contributed by atoms with E-state index in [2.05, 4.69) is 4.90 Å². The van der Waals surface area contributed by atoms with Crippen LogP contribution in [-0.2, 0) is 10.2 Å². The van der Waals surface area contributed by atoms with Gasteiger partial charge in [-0.25, -0.2) is 0 Å². The van der Waals surface area contributed by atoms with E-state index in [0.717, 1.165) is 11.4 Å². The summed E-state index contributed by atoms with van der Waals surface area (Å²) in [5.74, 6) is 0.857. The van der Waals surface area contributed by atoms with E-state index >= 15 is 0 Å². The van der Waals surface area contributed by atoms with Gasteiger partial charge in [-0.05, 0) is 31.2 Å². The first-order chi connectivity index (χ1) is 10.9. The molecule has 1 fully saturated rings. The molecule has 0 saturated carbocycles. The van der Waals surface area contributed by atoms with Crippen molar-refractivity contribution in [1.82, 2.24) is 8.61 Å². The lowest BCUT2D eigenvalue weighted by molar-refractivity contribution is 0.340. The summed E-state index contributed by atoms with van der Waals surface area (Å²) in [6.07, 6.45) is 0. The number of hydrogen-bond acceptors (Lipinski definition) is 4. The van der Waals surface area contributed by atoms with Crippen molar-refractivity contribution < 1.29 is 13.2 Å². The molecule has 0 radical (unpaired) electrons. The fourth-order valence-electron chi connectivity index (χ4n) is 2.33. The summed E-state index contributed by atoms with van der Waals surface area (Å²) in [7, 11) is -0.172. The Morgan fingerprint density at radius 1 is 1.04 bits per heavy atom. The van der Waals surface area contributed by atoms with E-state index in [-0.39, 0.29) is 0 Å². The molecule has 6 nitrogen and oxygen atoms in total. The van der Waals surface area contributed by atoms with Gasteiger partial charge in [-0.1, -0.05) is 13.8 Å². The summed E-state index contributed by atoms with van der Waals surface area (Å²) >= 11 is 0. The average molecular weight is 343 g/mol. The molecular weight excluding hydrogens is 314 g/mol. The van der Waals surface area contributed by atoms with Crippen LogP contribution < -0.4 is 9.64 Å². The number of rotatable bonds is 5. The van der Waals surface area contributed by atoms with Crippen LogP contribution in [0, 0.1) is 0 Å². The zero-order valence-corrected chi connectivity index (χ0v) is 15.6. The quantitative estimate of drug-likeness (QED) is 0.821. The van der Waals surface area contributed by atoms with Crippen LogP contribution in [0.25, 0.3) is 0 Å². The van der Waals surface area contributed by atoms with E-state index in [1.165, 1.54) is 8.61 Å². The first-order valence-electron chi connectivity index (χ1n) is 8.10. The third kappa shape index (κ3) is 5.09. The largest absolute Gasteiger partial charge is 0.494 e. The summed E-state index contributed by atoms with van der Waals surface area (Å²) in [6, 6.07) is 7.92. The molecule has 0 spiro atoms. The van der Waals surface area contributed by atoms with Crippen LogP contribution in [0.4, 0.5) is 5.69 Å². The van der Waals surface area contributed by atoms with E-state index in [9.17, 15) is 8.42 Å². The number of hydrogen-bond donors (Lipinski definition) is 0. The third-order valence-electron chi connectivity index (χ3n) is 3.54. The van der Waals surface area contributed by atoms with Gasteiger partial charge < -0.3 is 9.64 Å². The molecule has 132 valence electrons. The Kier molecular flexibility index (Phi) is 7.81.